The normalized spacial score (nSPS) is 23.2. The van der Waals surface area contributed by atoms with Crippen molar-refractivity contribution in [3.63, 3.8) is 0 Å². The summed E-state index contributed by atoms with van der Waals surface area (Å²) >= 11 is 1.59. The number of rotatable bonds is 13. The maximum atomic E-state index is 12.2. The zero-order valence-corrected chi connectivity index (χ0v) is 22.8. The Kier molecular flexibility index (Phi) is 11.2. The molecule has 0 aromatic heterocycles. The highest BCUT2D eigenvalue weighted by molar-refractivity contribution is 7.99. The van der Waals surface area contributed by atoms with Gasteiger partial charge in [0.15, 0.2) is 6.10 Å². The largest absolute Gasteiger partial charge is 0.456 e. The second-order valence-corrected chi connectivity index (χ2v) is 10.5. The minimum absolute atomic E-state index is 0.313. The molecule has 0 aliphatic carbocycles. The standard InChI is InChI=1S/C31H36O6S/c1-3-38-31-30(36-23(2)32)29(35-21-26-17-11-6-12-18-26)28(34-20-25-15-9-5-10-16-25)27(37-31)22-33-19-24-13-7-4-8-14-24/h4-18,27-31H,3,19-22H2,1-2H3/t27-,28-,29+,30-,31+/m1/s1. The molecule has 0 bridgehead atoms. The minimum Gasteiger partial charge on any atom is -0.456 e. The van der Waals surface area contributed by atoms with Crippen LogP contribution in [-0.4, -0.2) is 48.2 Å². The molecule has 0 saturated carbocycles. The molecule has 0 radical (unpaired) electrons. The number of hydrogen-bond acceptors (Lipinski definition) is 7. The summed E-state index contributed by atoms with van der Waals surface area (Å²) in [6.07, 6.45) is -2.12. The molecular weight excluding hydrogens is 500 g/mol. The quantitative estimate of drug-likeness (QED) is 0.257. The Balaban J connectivity index is 1.58. The van der Waals surface area contributed by atoms with Gasteiger partial charge in [0.1, 0.15) is 23.7 Å². The molecule has 0 amide bonds. The highest BCUT2D eigenvalue weighted by Gasteiger charge is 2.49. The summed E-state index contributed by atoms with van der Waals surface area (Å²) in [6.45, 7) is 4.96. The first-order chi connectivity index (χ1) is 18.6. The predicted octanol–water partition coefficient (Wildman–Crippen LogP) is 5.78. The monoisotopic (exact) mass is 536 g/mol. The predicted molar refractivity (Wildman–Crippen MR) is 148 cm³/mol. The first kappa shape index (κ1) is 28.3. The third kappa shape index (κ3) is 8.41. The van der Waals surface area contributed by atoms with Gasteiger partial charge >= 0.3 is 5.97 Å². The number of carbonyl (C=O) groups is 1. The Morgan fingerprint density at radius 1 is 0.737 bits per heavy atom. The summed E-state index contributed by atoms with van der Waals surface area (Å²) in [4.78, 5) is 12.2. The van der Waals surface area contributed by atoms with Gasteiger partial charge in [-0.3, -0.25) is 4.79 Å². The van der Waals surface area contributed by atoms with Crippen LogP contribution in [0, 0.1) is 0 Å². The first-order valence-electron chi connectivity index (χ1n) is 13.0. The van der Waals surface area contributed by atoms with Crippen molar-refractivity contribution < 1.29 is 28.5 Å². The molecule has 4 rings (SSSR count). The molecule has 6 nitrogen and oxygen atoms in total. The molecule has 0 spiro atoms. The fraction of sp³-hybridized carbons (Fsp3) is 0.387. The van der Waals surface area contributed by atoms with Crippen molar-refractivity contribution in [3.8, 4) is 0 Å². The lowest BCUT2D eigenvalue weighted by molar-refractivity contribution is -0.249. The van der Waals surface area contributed by atoms with Crippen molar-refractivity contribution in [2.24, 2.45) is 0 Å². The number of ether oxygens (including phenoxy) is 5. The van der Waals surface area contributed by atoms with Crippen molar-refractivity contribution in [1.29, 1.82) is 0 Å². The van der Waals surface area contributed by atoms with Gasteiger partial charge in [0.2, 0.25) is 0 Å². The van der Waals surface area contributed by atoms with Gasteiger partial charge in [0.25, 0.3) is 0 Å². The van der Waals surface area contributed by atoms with Gasteiger partial charge in [-0.1, -0.05) is 97.9 Å². The maximum Gasteiger partial charge on any atom is 0.303 e. The van der Waals surface area contributed by atoms with Gasteiger partial charge in [-0.05, 0) is 22.4 Å². The minimum atomic E-state index is -0.632. The van der Waals surface area contributed by atoms with Crippen molar-refractivity contribution in [3.05, 3.63) is 108 Å². The Bertz CT molecular complexity index is 1080. The van der Waals surface area contributed by atoms with Crippen LogP contribution in [0.2, 0.25) is 0 Å². The summed E-state index contributed by atoms with van der Waals surface area (Å²) in [5, 5.41) is 0. The van der Waals surface area contributed by atoms with E-state index in [-0.39, 0.29) is 5.97 Å². The Labute approximate surface area is 229 Å². The lowest BCUT2D eigenvalue weighted by atomic mass is 9.99. The van der Waals surface area contributed by atoms with E-state index in [1.54, 1.807) is 11.8 Å². The average molecular weight is 537 g/mol. The molecule has 5 atom stereocenters. The van der Waals surface area contributed by atoms with Gasteiger partial charge in [0, 0.05) is 6.92 Å². The first-order valence-corrected chi connectivity index (χ1v) is 14.1. The molecule has 1 aliphatic rings. The van der Waals surface area contributed by atoms with Gasteiger partial charge in [-0.25, -0.2) is 0 Å². The Morgan fingerprint density at radius 2 is 1.24 bits per heavy atom. The van der Waals surface area contributed by atoms with Gasteiger partial charge in [0.05, 0.1) is 26.4 Å². The van der Waals surface area contributed by atoms with E-state index in [0.29, 0.717) is 26.4 Å². The van der Waals surface area contributed by atoms with E-state index in [1.165, 1.54) is 6.92 Å². The molecule has 3 aromatic rings. The fourth-order valence-electron chi connectivity index (χ4n) is 4.42. The molecule has 1 heterocycles. The summed E-state index contributed by atoms with van der Waals surface area (Å²) in [6, 6.07) is 30.0. The van der Waals surface area contributed by atoms with E-state index in [2.05, 4.69) is 6.92 Å². The molecule has 7 heteroatoms. The lowest BCUT2D eigenvalue weighted by Crippen LogP contribution is -2.60. The molecule has 202 valence electrons. The third-order valence-corrected chi connectivity index (χ3v) is 7.23. The SMILES string of the molecule is CCS[C@@H]1O[C@H](COCc2ccccc2)[C@@H](OCc2ccccc2)[C@H](OCc2ccccc2)[C@H]1OC(C)=O. The van der Waals surface area contributed by atoms with E-state index in [4.69, 9.17) is 23.7 Å². The van der Waals surface area contributed by atoms with Crippen LogP contribution in [0.4, 0.5) is 0 Å². The lowest BCUT2D eigenvalue weighted by Gasteiger charge is -2.45. The zero-order chi connectivity index (χ0) is 26.6. The summed E-state index contributed by atoms with van der Waals surface area (Å²) in [5.74, 6) is 0.412. The van der Waals surface area contributed by atoms with Gasteiger partial charge < -0.3 is 23.7 Å². The van der Waals surface area contributed by atoms with E-state index in [0.717, 1.165) is 22.4 Å². The second-order valence-electron chi connectivity index (χ2n) is 9.10. The van der Waals surface area contributed by atoms with Crippen molar-refractivity contribution in [2.45, 2.75) is 63.5 Å². The fourth-order valence-corrected chi connectivity index (χ4v) is 5.37. The summed E-state index contributed by atoms with van der Waals surface area (Å²) in [7, 11) is 0. The molecule has 1 aliphatic heterocycles. The molecule has 1 saturated heterocycles. The van der Waals surface area contributed by atoms with Crippen LogP contribution in [0.5, 0.6) is 0 Å². The second kappa shape index (κ2) is 15.0. The number of esters is 1. The summed E-state index contributed by atoms with van der Waals surface area (Å²) in [5.41, 5.74) is 2.73. The molecule has 38 heavy (non-hydrogen) atoms. The van der Waals surface area contributed by atoms with Crippen LogP contribution in [0.25, 0.3) is 0 Å². The highest BCUT2D eigenvalue weighted by atomic mass is 32.2. The molecule has 3 aromatic carbocycles. The van der Waals surface area contributed by atoms with E-state index in [1.807, 2.05) is 91.0 Å². The Morgan fingerprint density at radius 3 is 1.74 bits per heavy atom. The van der Waals surface area contributed by atoms with Gasteiger partial charge in [-0.2, -0.15) is 0 Å². The van der Waals surface area contributed by atoms with Crippen LogP contribution < -0.4 is 0 Å². The molecule has 0 unspecified atom stereocenters. The number of thioether (sulfide) groups is 1. The average Bonchev–Trinajstić information content (AvgIpc) is 2.94. The summed E-state index contributed by atoms with van der Waals surface area (Å²) < 4.78 is 31.5. The van der Waals surface area contributed by atoms with E-state index in [9.17, 15) is 4.79 Å². The van der Waals surface area contributed by atoms with Crippen LogP contribution in [0.15, 0.2) is 91.0 Å². The van der Waals surface area contributed by atoms with Crippen LogP contribution in [0.1, 0.15) is 30.5 Å². The van der Waals surface area contributed by atoms with Crippen molar-refractivity contribution in [2.75, 3.05) is 12.4 Å². The number of benzene rings is 3. The van der Waals surface area contributed by atoms with E-state index >= 15 is 0 Å². The smallest absolute Gasteiger partial charge is 0.303 e. The van der Waals surface area contributed by atoms with Crippen LogP contribution in [0.3, 0.4) is 0 Å². The van der Waals surface area contributed by atoms with E-state index < -0.39 is 29.9 Å². The van der Waals surface area contributed by atoms with Crippen LogP contribution >= 0.6 is 11.8 Å². The number of hydrogen-bond donors (Lipinski definition) is 0. The topological polar surface area (TPSA) is 63.2 Å². The number of carbonyl (C=O) groups excluding carboxylic acids is 1. The molecule has 0 N–H and O–H groups in total. The highest BCUT2D eigenvalue weighted by Crippen LogP contribution is 2.35. The van der Waals surface area contributed by atoms with Crippen molar-refractivity contribution in [1.82, 2.24) is 0 Å². The van der Waals surface area contributed by atoms with Gasteiger partial charge in [-0.15, -0.1) is 11.8 Å². The molecular formula is C31H36O6S. The maximum absolute atomic E-state index is 12.2. The third-order valence-electron chi connectivity index (χ3n) is 6.19. The molecule has 1 fully saturated rings. The van der Waals surface area contributed by atoms with Crippen LogP contribution in [-0.2, 0) is 48.3 Å². The van der Waals surface area contributed by atoms with Crippen molar-refractivity contribution >= 4 is 17.7 Å². The Hall–Kier alpha value is -2.68. The zero-order valence-electron chi connectivity index (χ0n) is 21.9.